The molecule has 12 nitrogen and oxygen atoms in total. The number of hydrogen-bond acceptors (Lipinski definition) is 11. The zero-order chi connectivity index (χ0) is 46.8. The predicted molar refractivity (Wildman–Crippen MR) is 257 cm³/mol. The smallest absolute Gasteiger partial charge is 0.397 e. The van der Waals surface area contributed by atoms with E-state index in [4.69, 9.17) is 18.9 Å². The lowest BCUT2D eigenvalue weighted by molar-refractivity contribution is -0.301. The molecule has 0 aliphatic carbocycles. The number of allylic oxidation sites excluding steroid dienone is 14. The highest BCUT2D eigenvalue weighted by molar-refractivity contribution is 7.80. The van der Waals surface area contributed by atoms with Crippen LogP contribution in [0, 0.1) is 0 Å². The summed E-state index contributed by atoms with van der Waals surface area (Å²) in [5.41, 5.74) is 0. The maximum atomic E-state index is 12.9. The minimum Gasteiger partial charge on any atom is -0.457 e. The van der Waals surface area contributed by atoms with Gasteiger partial charge in [0.25, 0.3) is 0 Å². The molecule has 1 saturated heterocycles. The second-order valence-corrected chi connectivity index (χ2v) is 17.4. The summed E-state index contributed by atoms with van der Waals surface area (Å²) >= 11 is 0. The number of hydrogen-bond donors (Lipinski definition) is 4. The molecule has 4 N–H and O–H groups in total. The van der Waals surface area contributed by atoms with Crippen molar-refractivity contribution in [3.63, 3.8) is 0 Å². The lowest BCUT2D eigenvalue weighted by atomic mass is 9.99. The number of unbranched alkanes of at least 4 members (excludes halogenated alkanes) is 14. The Bertz CT molecular complexity index is 1440. The fraction of sp³-hybridized carbons (Fsp3) is 0.706. The maximum Gasteiger partial charge on any atom is 0.397 e. The van der Waals surface area contributed by atoms with Crippen molar-refractivity contribution >= 4 is 16.4 Å². The molecule has 1 fully saturated rings. The van der Waals surface area contributed by atoms with Gasteiger partial charge in [-0.05, 0) is 89.9 Å². The minimum absolute atomic E-state index is 0.0000512. The van der Waals surface area contributed by atoms with Gasteiger partial charge >= 0.3 is 16.4 Å². The first-order chi connectivity index (χ1) is 31.1. The van der Waals surface area contributed by atoms with Gasteiger partial charge in [0, 0.05) is 13.0 Å². The van der Waals surface area contributed by atoms with Crippen LogP contribution in [-0.4, -0.2) is 97.5 Å². The quantitative estimate of drug-likeness (QED) is 0.0198. The van der Waals surface area contributed by atoms with E-state index in [9.17, 15) is 33.1 Å². The van der Waals surface area contributed by atoms with Crippen LogP contribution < -0.4 is 0 Å². The van der Waals surface area contributed by atoms with Gasteiger partial charge in [0.1, 0.15) is 30.5 Å². The molecule has 368 valence electrons. The summed E-state index contributed by atoms with van der Waals surface area (Å²) in [5.74, 6) is -0.422. The Labute approximate surface area is 387 Å². The van der Waals surface area contributed by atoms with Crippen molar-refractivity contribution in [1.82, 2.24) is 0 Å². The minimum atomic E-state index is -5.07. The van der Waals surface area contributed by atoms with Crippen LogP contribution in [0.15, 0.2) is 85.1 Å². The van der Waals surface area contributed by atoms with Gasteiger partial charge < -0.3 is 34.3 Å². The van der Waals surface area contributed by atoms with Crippen LogP contribution in [0.3, 0.4) is 0 Å². The fourth-order valence-electron chi connectivity index (χ4n) is 6.85. The number of carbonyl (C=O) groups is 1. The molecule has 0 aromatic rings. The molecule has 1 rings (SSSR count). The third kappa shape index (κ3) is 34.6. The van der Waals surface area contributed by atoms with Crippen molar-refractivity contribution in [2.24, 2.45) is 0 Å². The number of aliphatic hydroxyl groups excluding tert-OH is 3. The molecule has 1 aliphatic heterocycles. The molecule has 1 aliphatic rings. The zero-order valence-corrected chi connectivity index (χ0v) is 40.1. The SMILES string of the molecule is CC/C=C\C/C=C\C/C=C\C/C=C\C/C=C\CCCCOCC(COC1OC(CO)C(O)C(OS(=O)(=O)O)C1O)OC(=O)CCCCCCCCCCC/C=C\C/C=C\CCCCC. The fourth-order valence-corrected chi connectivity index (χ4v) is 7.35. The van der Waals surface area contributed by atoms with Gasteiger partial charge in [-0.15, -0.1) is 0 Å². The first kappa shape index (κ1) is 59.3. The van der Waals surface area contributed by atoms with Crippen LogP contribution in [0.25, 0.3) is 0 Å². The number of aliphatic hydroxyl groups is 3. The number of esters is 1. The Balaban J connectivity index is 2.44. The third-order valence-electron chi connectivity index (χ3n) is 10.5. The highest BCUT2D eigenvalue weighted by Crippen LogP contribution is 2.26. The second kappa shape index (κ2) is 41.7. The summed E-state index contributed by atoms with van der Waals surface area (Å²) in [6, 6.07) is 0. The Morgan fingerprint density at radius 2 is 1.08 bits per heavy atom. The third-order valence-corrected chi connectivity index (χ3v) is 11.0. The van der Waals surface area contributed by atoms with E-state index in [1.54, 1.807) is 0 Å². The summed E-state index contributed by atoms with van der Waals surface area (Å²) in [4.78, 5) is 12.9. The molecule has 13 heteroatoms. The van der Waals surface area contributed by atoms with Crippen LogP contribution in [0.2, 0.25) is 0 Å². The Morgan fingerprint density at radius 1 is 0.609 bits per heavy atom. The molecular formula is C51H86O12S. The second-order valence-electron chi connectivity index (χ2n) is 16.3. The Morgan fingerprint density at radius 3 is 1.58 bits per heavy atom. The van der Waals surface area contributed by atoms with Crippen LogP contribution in [0.5, 0.6) is 0 Å². The molecule has 0 radical (unpaired) electrons. The van der Waals surface area contributed by atoms with Gasteiger partial charge in [-0.2, -0.15) is 8.42 Å². The predicted octanol–water partition coefficient (Wildman–Crippen LogP) is 10.9. The summed E-state index contributed by atoms with van der Waals surface area (Å²) in [7, 11) is -5.07. The van der Waals surface area contributed by atoms with E-state index in [2.05, 4.69) is 103 Å². The van der Waals surface area contributed by atoms with Crippen molar-refractivity contribution < 1.29 is 56.2 Å². The molecule has 0 amide bonds. The van der Waals surface area contributed by atoms with Crippen LogP contribution in [0.1, 0.15) is 168 Å². The zero-order valence-electron chi connectivity index (χ0n) is 39.3. The Kier molecular flexibility index (Phi) is 38.6. The monoisotopic (exact) mass is 923 g/mol. The topological polar surface area (TPSA) is 178 Å². The molecule has 64 heavy (non-hydrogen) atoms. The molecule has 6 unspecified atom stereocenters. The largest absolute Gasteiger partial charge is 0.457 e. The van der Waals surface area contributed by atoms with E-state index in [0.717, 1.165) is 83.5 Å². The van der Waals surface area contributed by atoms with Gasteiger partial charge in [-0.3, -0.25) is 9.35 Å². The van der Waals surface area contributed by atoms with Gasteiger partial charge in [0.15, 0.2) is 6.29 Å². The molecule has 0 saturated carbocycles. The number of rotatable bonds is 41. The van der Waals surface area contributed by atoms with Gasteiger partial charge in [-0.25, -0.2) is 4.18 Å². The van der Waals surface area contributed by atoms with Crippen molar-refractivity contribution in [1.29, 1.82) is 0 Å². The van der Waals surface area contributed by atoms with Crippen LogP contribution >= 0.6 is 0 Å². The van der Waals surface area contributed by atoms with Crippen molar-refractivity contribution in [2.45, 2.75) is 205 Å². The maximum absolute atomic E-state index is 12.9. The molecule has 0 aromatic heterocycles. The van der Waals surface area contributed by atoms with Gasteiger partial charge in [0.2, 0.25) is 0 Å². The first-order valence-corrected chi connectivity index (χ1v) is 25.7. The summed E-state index contributed by atoms with van der Waals surface area (Å²) in [5, 5.41) is 30.7. The highest BCUT2D eigenvalue weighted by atomic mass is 32.3. The van der Waals surface area contributed by atoms with Crippen molar-refractivity contribution in [2.75, 3.05) is 26.4 Å². The standard InChI is InChI=1S/C51H86O12S/c1-3-5-7-9-11-13-15-17-19-21-23-24-26-28-30-32-34-36-38-40-47(53)61-45(44-60-51-49(55)50(63-64(56,57)58)48(54)46(42-52)62-51)43-59-41-39-37-35-33-31-29-27-25-22-20-18-16-14-12-10-8-6-4-2/h6,8,11-14,17-20,25,27,31,33,45-46,48-52,54-55H,3-5,7,9-10,15-16,21-24,26,28-30,32,34-44H2,1-2H3,(H,56,57,58)/b8-6-,13-11-,14-12-,19-17-,20-18-,27-25-,33-31-. The van der Waals surface area contributed by atoms with E-state index in [-0.39, 0.29) is 19.6 Å². The molecule has 0 spiro atoms. The number of ether oxygens (including phenoxy) is 4. The summed E-state index contributed by atoms with van der Waals surface area (Å²) < 4.78 is 59.1. The molecule has 0 aromatic carbocycles. The normalized spacial score (nSPS) is 20.5. The van der Waals surface area contributed by atoms with E-state index < -0.39 is 59.8 Å². The van der Waals surface area contributed by atoms with E-state index in [0.29, 0.717) is 13.0 Å². The number of carbonyl (C=O) groups excluding carboxylic acids is 1. The van der Waals surface area contributed by atoms with Crippen LogP contribution in [-0.2, 0) is 38.3 Å². The van der Waals surface area contributed by atoms with Crippen molar-refractivity contribution in [3.8, 4) is 0 Å². The molecule has 1 heterocycles. The summed E-state index contributed by atoms with van der Waals surface area (Å²) in [6.07, 6.45) is 46.1. The lowest BCUT2D eigenvalue weighted by Gasteiger charge is -2.41. The molecule has 0 bridgehead atoms. The van der Waals surface area contributed by atoms with Crippen LogP contribution in [0.4, 0.5) is 0 Å². The summed E-state index contributed by atoms with van der Waals surface area (Å²) in [6.45, 7) is 3.73. The molecular weight excluding hydrogens is 837 g/mol. The Hall–Kier alpha value is -2.72. The first-order valence-electron chi connectivity index (χ1n) is 24.3. The molecule has 6 atom stereocenters. The van der Waals surface area contributed by atoms with Crippen molar-refractivity contribution in [3.05, 3.63) is 85.1 Å². The average Bonchev–Trinajstić information content (AvgIpc) is 3.27. The van der Waals surface area contributed by atoms with E-state index in [1.807, 2.05) is 0 Å². The average molecular weight is 923 g/mol. The van der Waals surface area contributed by atoms with E-state index in [1.165, 1.54) is 57.8 Å². The van der Waals surface area contributed by atoms with Gasteiger partial charge in [-0.1, -0.05) is 157 Å². The van der Waals surface area contributed by atoms with Gasteiger partial charge in [0.05, 0.1) is 19.8 Å². The van der Waals surface area contributed by atoms with E-state index >= 15 is 0 Å². The lowest BCUT2D eigenvalue weighted by Crippen LogP contribution is -2.60. The highest BCUT2D eigenvalue weighted by Gasteiger charge is 2.48.